The molecule has 0 saturated carbocycles. The van der Waals surface area contributed by atoms with Crippen LogP contribution in [0, 0.1) is 5.92 Å². The maximum absolute atomic E-state index is 13.7. The van der Waals surface area contributed by atoms with Crippen LogP contribution in [0.2, 0.25) is 0 Å². The third-order valence-electron chi connectivity index (χ3n) is 6.81. The van der Waals surface area contributed by atoms with Crippen LogP contribution in [0.5, 0.6) is 11.5 Å². The molecule has 0 aliphatic carbocycles. The molecule has 2 amide bonds. The molecule has 0 spiro atoms. The molecule has 2 aromatic heterocycles. The van der Waals surface area contributed by atoms with Gasteiger partial charge in [0.2, 0.25) is 24.6 Å². The molecule has 2 aliphatic rings. The minimum atomic E-state index is -0.608. The number of piperazine rings is 1. The molecule has 39 heavy (non-hydrogen) atoms. The molecule has 1 saturated heterocycles. The summed E-state index contributed by atoms with van der Waals surface area (Å²) in [5.74, 6) is 2.67. The lowest BCUT2D eigenvalue weighted by Gasteiger charge is -2.41. The van der Waals surface area contributed by atoms with Gasteiger partial charge in [0.1, 0.15) is 18.2 Å². The van der Waals surface area contributed by atoms with Crippen LogP contribution in [0.4, 0.5) is 5.82 Å². The second-order valence-electron chi connectivity index (χ2n) is 10.3. The van der Waals surface area contributed by atoms with Crippen molar-refractivity contribution in [1.29, 1.82) is 0 Å². The Bertz CT molecular complexity index is 1310. The molecule has 2 aliphatic heterocycles. The average Bonchev–Trinajstić information content (AvgIpc) is 3.63. The quantitative estimate of drug-likeness (QED) is 0.447. The summed E-state index contributed by atoms with van der Waals surface area (Å²) in [6.45, 7) is 7.96. The van der Waals surface area contributed by atoms with E-state index >= 15 is 0 Å². The van der Waals surface area contributed by atoms with Gasteiger partial charge in [-0.3, -0.25) is 14.2 Å². The van der Waals surface area contributed by atoms with E-state index in [4.69, 9.17) is 19.4 Å². The van der Waals surface area contributed by atoms with Crippen molar-refractivity contribution in [2.45, 2.75) is 52.6 Å². The van der Waals surface area contributed by atoms with Gasteiger partial charge < -0.3 is 24.6 Å². The minimum absolute atomic E-state index is 0.0617. The van der Waals surface area contributed by atoms with Gasteiger partial charge in [-0.05, 0) is 30.0 Å². The molecule has 0 bridgehead atoms. The molecule has 11 heteroatoms. The number of carbonyl (C=O) groups is 2. The van der Waals surface area contributed by atoms with Gasteiger partial charge in [0.25, 0.3) is 0 Å². The fraction of sp³-hybridized carbons (Fsp3) is 0.464. The van der Waals surface area contributed by atoms with Crippen LogP contribution in [0.3, 0.4) is 0 Å². The SMILES string of the molecule is CCCc1cc(N2CCN(C(=O)CC(C)C)CC2C(=O)NCc2ccc3c(c2)OCO3)nc(-n2ccnc2)n1. The highest BCUT2D eigenvalue weighted by Crippen LogP contribution is 2.32. The number of aromatic nitrogens is 4. The summed E-state index contributed by atoms with van der Waals surface area (Å²) in [5, 5.41) is 3.07. The molecule has 4 heterocycles. The number of ether oxygens (including phenoxy) is 2. The summed E-state index contributed by atoms with van der Waals surface area (Å²) in [4.78, 5) is 44.1. The Labute approximate surface area is 228 Å². The zero-order chi connectivity index (χ0) is 27.4. The Hall–Kier alpha value is -4.15. The third kappa shape index (κ3) is 6.13. The maximum Gasteiger partial charge on any atom is 0.244 e. The van der Waals surface area contributed by atoms with Crippen molar-refractivity contribution < 1.29 is 19.1 Å². The molecular formula is C28H35N7O4. The maximum atomic E-state index is 13.7. The van der Waals surface area contributed by atoms with E-state index in [9.17, 15) is 9.59 Å². The van der Waals surface area contributed by atoms with Crippen LogP contribution < -0.4 is 19.7 Å². The second kappa shape index (κ2) is 11.7. The van der Waals surface area contributed by atoms with E-state index in [0.29, 0.717) is 49.3 Å². The Morgan fingerprint density at radius 3 is 2.74 bits per heavy atom. The first-order chi connectivity index (χ1) is 18.9. The monoisotopic (exact) mass is 533 g/mol. The van der Waals surface area contributed by atoms with Crippen molar-refractivity contribution in [3.63, 3.8) is 0 Å². The van der Waals surface area contributed by atoms with Gasteiger partial charge in [-0.25, -0.2) is 9.97 Å². The van der Waals surface area contributed by atoms with E-state index in [0.717, 1.165) is 24.1 Å². The number of fused-ring (bicyclic) bond motifs is 1. The Kier molecular flexibility index (Phi) is 7.94. The highest BCUT2D eigenvalue weighted by Gasteiger charge is 2.35. The van der Waals surface area contributed by atoms with Crippen LogP contribution in [-0.4, -0.2) is 68.7 Å². The molecule has 11 nitrogen and oxygen atoms in total. The Balaban J connectivity index is 1.41. The largest absolute Gasteiger partial charge is 0.454 e. The fourth-order valence-electron chi connectivity index (χ4n) is 4.84. The van der Waals surface area contributed by atoms with Crippen molar-refractivity contribution in [2.24, 2.45) is 5.92 Å². The molecule has 3 aromatic rings. The number of aryl methyl sites for hydroxylation is 1. The molecule has 1 atom stereocenters. The molecular weight excluding hydrogens is 498 g/mol. The summed E-state index contributed by atoms with van der Waals surface area (Å²) < 4.78 is 12.6. The van der Waals surface area contributed by atoms with Gasteiger partial charge in [0, 0.05) is 50.2 Å². The number of nitrogens with zero attached hydrogens (tertiary/aromatic N) is 6. The number of amides is 2. The van der Waals surface area contributed by atoms with Crippen LogP contribution in [0.25, 0.3) is 5.95 Å². The number of hydrogen-bond donors (Lipinski definition) is 1. The van der Waals surface area contributed by atoms with Crippen LogP contribution in [0.1, 0.15) is 44.9 Å². The van der Waals surface area contributed by atoms with Gasteiger partial charge in [-0.15, -0.1) is 0 Å². The second-order valence-corrected chi connectivity index (χ2v) is 10.3. The summed E-state index contributed by atoms with van der Waals surface area (Å²) >= 11 is 0. The number of imidazole rings is 1. The van der Waals surface area contributed by atoms with Gasteiger partial charge >= 0.3 is 0 Å². The average molecular weight is 534 g/mol. The lowest BCUT2D eigenvalue weighted by atomic mass is 10.1. The molecule has 1 aromatic carbocycles. The number of carbonyl (C=O) groups excluding carboxylic acids is 2. The minimum Gasteiger partial charge on any atom is -0.454 e. The van der Waals surface area contributed by atoms with Crippen LogP contribution in [-0.2, 0) is 22.6 Å². The van der Waals surface area contributed by atoms with Gasteiger partial charge in [0.05, 0.1) is 6.54 Å². The van der Waals surface area contributed by atoms with E-state index in [1.165, 1.54) is 0 Å². The molecule has 1 fully saturated rings. The molecule has 1 unspecified atom stereocenters. The van der Waals surface area contributed by atoms with E-state index in [-0.39, 0.29) is 31.1 Å². The standard InChI is InChI=1S/C28H35N7O4/c1-4-5-21-14-25(32-28(31-21)34-9-8-29-17-34)35-11-10-33(26(36)12-19(2)3)16-22(35)27(37)30-15-20-6-7-23-24(13-20)39-18-38-23/h6-9,13-14,17,19,22H,4-5,10-12,15-16,18H2,1-3H3,(H,30,37). The van der Waals surface area contributed by atoms with E-state index in [2.05, 4.69) is 17.2 Å². The van der Waals surface area contributed by atoms with Crippen molar-refractivity contribution >= 4 is 17.6 Å². The number of benzene rings is 1. The fourth-order valence-corrected chi connectivity index (χ4v) is 4.84. The Morgan fingerprint density at radius 1 is 1.13 bits per heavy atom. The van der Waals surface area contributed by atoms with Crippen LogP contribution in [0.15, 0.2) is 43.0 Å². The van der Waals surface area contributed by atoms with Crippen molar-refractivity contribution in [3.05, 3.63) is 54.2 Å². The molecule has 5 rings (SSSR count). The summed E-state index contributed by atoms with van der Waals surface area (Å²) in [7, 11) is 0. The predicted octanol–water partition coefficient (Wildman–Crippen LogP) is 2.72. The Morgan fingerprint density at radius 2 is 1.97 bits per heavy atom. The number of nitrogens with one attached hydrogen (secondary N) is 1. The van der Waals surface area contributed by atoms with E-state index < -0.39 is 6.04 Å². The topological polar surface area (TPSA) is 115 Å². The van der Waals surface area contributed by atoms with E-state index in [1.807, 2.05) is 43.0 Å². The normalized spacial score (nSPS) is 16.6. The van der Waals surface area contributed by atoms with Crippen molar-refractivity contribution in [1.82, 2.24) is 29.7 Å². The number of hydrogen-bond acceptors (Lipinski definition) is 8. The first-order valence-corrected chi connectivity index (χ1v) is 13.5. The van der Waals surface area contributed by atoms with Crippen molar-refractivity contribution in [2.75, 3.05) is 31.3 Å². The zero-order valence-corrected chi connectivity index (χ0v) is 22.7. The van der Waals surface area contributed by atoms with Gasteiger partial charge in [0.15, 0.2) is 11.5 Å². The third-order valence-corrected chi connectivity index (χ3v) is 6.81. The van der Waals surface area contributed by atoms with E-state index in [1.54, 1.807) is 28.2 Å². The summed E-state index contributed by atoms with van der Waals surface area (Å²) in [5.41, 5.74) is 1.79. The lowest BCUT2D eigenvalue weighted by molar-refractivity contribution is -0.134. The lowest BCUT2D eigenvalue weighted by Crippen LogP contribution is -2.60. The molecule has 1 N–H and O–H groups in total. The predicted molar refractivity (Wildman–Crippen MR) is 145 cm³/mol. The highest BCUT2D eigenvalue weighted by molar-refractivity contribution is 5.87. The summed E-state index contributed by atoms with van der Waals surface area (Å²) in [6.07, 6.45) is 7.30. The number of anilines is 1. The van der Waals surface area contributed by atoms with Crippen molar-refractivity contribution in [3.8, 4) is 17.4 Å². The highest BCUT2D eigenvalue weighted by atomic mass is 16.7. The summed E-state index contributed by atoms with van der Waals surface area (Å²) in [6, 6.07) is 6.97. The van der Waals surface area contributed by atoms with Gasteiger partial charge in [-0.1, -0.05) is 33.3 Å². The van der Waals surface area contributed by atoms with Gasteiger partial charge in [-0.2, -0.15) is 4.98 Å². The first kappa shape index (κ1) is 26.5. The first-order valence-electron chi connectivity index (χ1n) is 13.5. The smallest absolute Gasteiger partial charge is 0.244 e. The molecule has 0 radical (unpaired) electrons. The zero-order valence-electron chi connectivity index (χ0n) is 22.7. The van der Waals surface area contributed by atoms with Crippen LogP contribution >= 0.6 is 0 Å². The molecule has 206 valence electrons. The number of rotatable bonds is 9.